The molecule has 1 unspecified atom stereocenters. The fourth-order valence-corrected chi connectivity index (χ4v) is 2.33. The minimum absolute atomic E-state index is 0.594. The normalized spacial score (nSPS) is 13.1. The van der Waals surface area contributed by atoms with Gasteiger partial charge in [0.2, 0.25) is 0 Å². The highest BCUT2D eigenvalue weighted by Crippen LogP contribution is 2.07. The Hall–Kier alpha value is -0.900. The van der Waals surface area contributed by atoms with Crippen molar-refractivity contribution in [2.24, 2.45) is 17.6 Å². The Morgan fingerprint density at radius 3 is 2.50 bits per heavy atom. The van der Waals surface area contributed by atoms with Crippen LogP contribution < -0.4 is 11.1 Å². The first kappa shape index (κ1) is 17.2. The monoisotopic (exact) mass is 277 g/mol. The van der Waals surface area contributed by atoms with Crippen LogP contribution in [0.15, 0.2) is 30.3 Å². The van der Waals surface area contributed by atoms with E-state index in [4.69, 9.17) is 5.73 Å². The highest BCUT2D eigenvalue weighted by molar-refractivity contribution is 5.14. The number of rotatable bonds is 10. The summed E-state index contributed by atoms with van der Waals surface area (Å²) in [6.07, 6.45) is 1.18. The van der Waals surface area contributed by atoms with Crippen molar-refractivity contribution in [2.45, 2.75) is 26.8 Å². The summed E-state index contributed by atoms with van der Waals surface area (Å²) in [6, 6.07) is 10.6. The van der Waals surface area contributed by atoms with Crippen molar-refractivity contribution in [1.82, 2.24) is 10.2 Å². The molecule has 0 aliphatic carbocycles. The number of nitrogens with zero attached hydrogens (tertiary/aromatic N) is 1. The molecule has 0 spiro atoms. The minimum Gasteiger partial charge on any atom is -0.330 e. The van der Waals surface area contributed by atoms with E-state index < -0.39 is 0 Å². The Bertz CT molecular complexity index is 337. The van der Waals surface area contributed by atoms with Crippen LogP contribution in [0.2, 0.25) is 0 Å². The molecule has 0 saturated carbocycles. The largest absolute Gasteiger partial charge is 0.330 e. The van der Waals surface area contributed by atoms with Crippen LogP contribution in [-0.2, 0) is 6.54 Å². The molecule has 0 fully saturated rings. The Labute approximate surface area is 124 Å². The highest BCUT2D eigenvalue weighted by Gasteiger charge is 2.10. The molecule has 1 aromatic carbocycles. The van der Waals surface area contributed by atoms with Crippen molar-refractivity contribution in [3.8, 4) is 0 Å². The summed E-state index contributed by atoms with van der Waals surface area (Å²) in [6.45, 7) is 9.52. The van der Waals surface area contributed by atoms with Gasteiger partial charge in [-0.05, 0) is 57.0 Å². The van der Waals surface area contributed by atoms with Gasteiger partial charge in [-0.15, -0.1) is 0 Å². The molecule has 3 heteroatoms. The summed E-state index contributed by atoms with van der Waals surface area (Å²) in [5, 5.41) is 3.53. The molecule has 0 radical (unpaired) electrons. The van der Waals surface area contributed by atoms with Gasteiger partial charge in [-0.3, -0.25) is 0 Å². The lowest BCUT2D eigenvalue weighted by molar-refractivity contribution is 0.313. The molecular formula is C17H31N3. The molecule has 0 aliphatic rings. The van der Waals surface area contributed by atoms with Gasteiger partial charge in [-0.2, -0.15) is 0 Å². The molecular weight excluding hydrogens is 246 g/mol. The molecule has 0 saturated heterocycles. The lowest BCUT2D eigenvalue weighted by atomic mass is 9.96. The van der Waals surface area contributed by atoms with E-state index >= 15 is 0 Å². The van der Waals surface area contributed by atoms with Gasteiger partial charge in [0.1, 0.15) is 0 Å². The second-order valence-corrected chi connectivity index (χ2v) is 6.02. The topological polar surface area (TPSA) is 41.3 Å². The van der Waals surface area contributed by atoms with Crippen LogP contribution in [0.25, 0.3) is 0 Å². The van der Waals surface area contributed by atoms with Gasteiger partial charge in [-0.1, -0.05) is 44.2 Å². The van der Waals surface area contributed by atoms with Crippen molar-refractivity contribution in [3.63, 3.8) is 0 Å². The molecule has 0 aliphatic heterocycles. The predicted molar refractivity (Wildman–Crippen MR) is 87.6 cm³/mol. The Balaban J connectivity index is 2.09. The zero-order valence-electron chi connectivity index (χ0n) is 13.3. The van der Waals surface area contributed by atoms with E-state index in [0.29, 0.717) is 11.8 Å². The third kappa shape index (κ3) is 7.04. The Morgan fingerprint density at radius 1 is 1.20 bits per heavy atom. The van der Waals surface area contributed by atoms with Crippen molar-refractivity contribution in [1.29, 1.82) is 0 Å². The maximum Gasteiger partial charge on any atom is 0.0230 e. The summed E-state index contributed by atoms with van der Waals surface area (Å²) in [4.78, 5) is 2.37. The van der Waals surface area contributed by atoms with Gasteiger partial charge in [0.25, 0.3) is 0 Å². The fourth-order valence-electron chi connectivity index (χ4n) is 2.33. The van der Waals surface area contributed by atoms with Crippen molar-refractivity contribution in [2.75, 3.05) is 33.2 Å². The van der Waals surface area contributed by atoms with Crippen LogP contribution in [-0.4, -0.2) is 38.1 Å². The smallest absolute Gasteiger partial charge is 0.0230 e. The van der Waals surface area contributed by atoms with E-state index in [1.54, 1.807) is 0 Å². The maximum atomic E-state index is 5.77. The minimum atomic E-state index is 0.594. The van der Waals surface area contributed by atoms with E-state index in [1.165, 1.54) is 12.0 Å². The van der Waals surface area contributed by atoms with Crippen molar-refractivity contribution >= 4 is 0 Å². The van der Waals surface area contributed by atoms with Gasteiger partial charge in [-0.25, -0.2) is 0 Å². The van der Waals surface area contributed by atoms with Crippen LogP contribution in [0.4, 0.5) is 0 Å². The first-order valence-electron chi connectivity index (χ1n) is 7.76. The molecule has 3 N–H and O–H groups in total. The van der Waals surface area contributed by atoms with Crippen LogP contribution in [0, 0.1) is 11.8 Å². The summed E-state index contributed by atoms with van der Waals surface area (Å²) in [5.41, 5.74) is 7.15. The van der Waals surface area contributed by atoms with E-state index in [9.17, 15) is 0 Å². The number of hydrogen-bond acceptors (Lipinski definition) is 3. The van der Waals surface area contributed by atoms with E-state index in [2.05, 4.69) is 61.4 Å². The number of nitrogens with one attached hydrogen (secondary N) is 1. The van der Waals surface area contributed by atoms with E-state index in [0.717, 1.165) is 32.7 Å². The molecule has 0 bridgehead atoms. The van der Waals surface area contributed by atoms with E-state index in [-0.39, 0.29) is 0 Å². The zero-order chi connectivity index (χ0) is 14.8. The molecule has 0 heterocycles. The average Bonchev–Trinajstić information content (AvgIpc) is 2.43. The quantitative estimate of drug-likeness (QED) is 0.645. The molecule has 20 heavy (non-hydrogen) atoms. The Kier molecular flexibility index (Phi) is 8.51. The summed E-state index contributed by atoms with van der Waals surface area (Å²) < 4.78 is 0. The Morgan fingerprint density at radius 2 is 1.90 bits per heavy atom. The molecule has 1 atom stereocenters. The first-order valence-corrected chi connectivity index (χ1v) is 7.76. The molecule has 1 rings (SSSR count). The third-order valence-corrected chi connectivity index (χ3v) is 3.84. The SMILES string of the molecule is CC(C)C(CN)CNCCCN(C)Cc1ccccc1. The van der Waals surface area contributed by atoms with Crippen LogP contribution in [0.1, 0.15) is 25.8 Å². The van der Waals surface area contributed by atoms with Crippen molar-refractivity contribution in [3.05, 3.63) is 35.9 Å². The van der Waals surface area contributed by atoms with Crippen molar-refractivity contribution < 1.29 is 0 Å². The molecule has 0 aromatic heterocycles. The summed E-state index contributed by atoms with van der Waals surface area (Å²) in [7, 11) is 2.18. The average molecular weight is 277 g/mol. The number of nitrogens with two attached hydrogens (primary N) is 1. The van der Waals surface area contributed by atoms with Gasteiger partial charge < -0.3 is 16.0 Å². The van der Waals surface area contributed by atoms with Crippen LogP contribution in [0.3, 0.4) is 0 Å². The van der Waals surface area contributed by atoms with Crippen LogP contribution in [0.5, 0.6) is 0 Å². The molecule has 0 amide bonds. The first-order chi connectivity index (χ1) is 9.63. The summed E-state index contributed by atoms with van der Waals surface area (Å²) in [5.74, 6) is 1.25. The van der Waals surface area contributed by atoms with Gasteiger partial charge in [0.05, 0.1) is 0 Å². The zero-order valence-corrected chi connectivity index (χ0v) is 13.3. The third-order valence-electron chi connectivity index (χ3n) is 3.84. The maximum absolute atomic E-state index is 5.77. The number of benzene rings is 1. The van der Waals surface area contributed by atoms with Gasteiger partial charge in [0.15, 0.2) is 0 Å². The molecule has 1 aromatic rings. The van der Waals surface area contributed by atoms with Crippen LogP contribution >= 0.6 is 0 Å². The second-order valence-electron chi connectivity index (χ2n) is 6.02. The summed E-state index contributed by atoms with van der Waals surface area (Å²) >= 11 is 0. The predicted octanol–water partition coefficient (Wildman–Crippen LogP) is 2.33. The van der Waals surface area contributed by atoms with Gasteiger partial charge >= 0.3 is 0 Å². The van der Waals surface area contributed by atoms with Gasteiger partial charge in [0, 0.05) is 6.54 Å². The molecule has 114 valence electrons. The molecule has 3 nitrogen and oxygen atoms in total. The van der Waals surface area contributed by atoms with E-state index in [1.807, 2.05) is 0 Å². The fraction of sp³-hybridized carbons (Fsp3) is 0.647. The lowest BCUT2D eigenvalue weighted by Crippen LogP contribution is -2.33. The highest BCUT2D eigenvalue weighted by atomic mass is 15.1. The second kappa shape index (κ2) is 9.92. The number of hydrogen-bond donors (Lipinski definition) is 2. The standard InChI is InChI=1S/C17H31N3/c1-15(2)17(12-18)13-19-10-7-11-20(3)14-16-8-5-4-6-9-16/h4-6,8-9,15,17,19H,7,10-14,18H2,1-3H3. The lowest BCUT2D eigenvalue weighted by Gasteiger charge is -2.20.